The molecular formula is C23H35IN4O. The molecule has 5 nitrogen and oxygen atoms in total. The van der Waals surface area contributed by atoms with Gasteiger partial charge in [0.05, 0.1) is 12.3 Å². The number of rotatable bonds is 7. The second kappa shape index (κ2) is 12.2. The molecule has 0 bridgehead atoms. The Balaban J connectivity index is 0.00000300. The second-order valence-electron chi connectivity index (χ2n) is 7.88. The lowest BCUT2D eigenvalue weighted by molar-refractivity contribution is 0.167. The van der Waals surface area contributed by atoms with Crippen LogP contribution in [-0.4, -0.2) is 42.6 Å². The molecule has 2 N–H and O–H groups in total. The molecule has 160 valence electrons. The summed E-state index contributed by atoms with van der Waals surface area (Å²) >= 11 is 0. The first-order chi connectivity index (χ1) is 13.6. The Bertz CT molecular complexity index is 710. The van der Waals surface area contributed by atoms with E-state index in [0.717, 1.165) is 44.1 Å². The van der Waals surface area contributed by atoms with Gasteiger partial charge in [-0.15, -0.1) is 24.0 Å². The maximum absolute atomic E-state index is 5.43. The molecule has 0 aliphatic carbocycles. The first kappa shape index (κ1) is 23.7. The average Bonchev–Trinajstić information content (AvgIpc) is 3.22. The fourth-order valence-corrected chi connectivity index (χ4v) is 3.65. The van der Waals surface area contributed by atoms with Gasteiger partial charge in [-0.1, -0.05) is 30.3 Å². The van der Waals surface area contributed by atoms with E-state index >= 15 is 0 Å². The van der Waals surface area contributed by atoms with Crippen LogP contribution in [0.2, 0.25) is 0 Å². The Morgan fingerprint density at radius 2 is 1.83 bits per heavy atom. The van der Waals surface area contributed by atoms with Gasteiger partial charge in [0.1, 0.15) is 5.76 Å². The normalized spacial score (nSPS) is 17.0. The molecule has 2 aromatic rings. The lowest BCUT2D eigenvalue weighted by Gasteiger charge is -2.35. The monoisotopic (exact) mass is 510 g/mol. The molecule has 1 atom stereocenters. The Hall–Kier alpha value is -1.54. The van der Waals surface area contributed by atoms with Crippen LogP contribution < -0.4 is 10.6 Å². The van der Waals surface area contributed by atoms with Crippen LogP contribution in [0.4, 0.5) is 0 Å². The Morgan fingerprint density at radius 3 is 2.45 bits per heavy atom. The number of hydrogen-bond donors (Lipinski definition) is 2. The summed E-state index contributed by atoms with van der Waals surface area (Å²) in [7, 11) is 0. The third kappa shape index (κ3) is 7.66. The topological polar surface area (TPSA) is 52.8 Å². The van der Waals surface area contributed by atoms with Gasteiger partial charge >= 0.3 is 0 Å². The van der Waals surface area contributed by atoms with E-state index in [1.165, 1.54) is 5.56 Å². The number of likely N-dealkylation sites (tertiary alicyclic amines) is 1. The van der Waals surface area contributed by atoms with Crippen molar-refractivity contribution in [2.75, 3.05) is 19.6 Å². The van der Waals surface area contributed by atoms with Crippen molar-refractivity contribution in [3.05, 3.63) is 60.1 Å². The minimum absolute atomic E-state index is 0. The molecule has 6 heteroatoms. The lowest BCUT2D eigenvalue weighted by atomic mass is 10.0. The fourth-order valence-electron chi connectivity index (χ4n) is 3.65. The highest BCUT2D eigenvalue weighted by Crippen LogP contribution is 2.14. The first-order valence-electron chi connectivity index (χ1n) is 10.5. The number of nitrogens with zero attached hydrogens (tertiary/aromatic N) is 2. The summed E-state index contributed by atoms with van der Waals surface area (Å²) in [6.07, 6.45) is 4.83. The number of nitrogens with one attached hydrogen (secondary N) is 2. The highest BCUT2D eigenvalue weighted by Gasteiger charge is 2.22. The van der Waals surface area contributed by atoms with Crippen LogP contribution in [0.3, 0.4) is 0 Å². The Labute approximate surface area is 192 Å². The molecule has 29 heavy (non-hydrogen) atoms. The van der Waals surface area contributed by atoms with E-state index in [9.17, 15) is 0 Å². The predicted octanol–water partition coefficient (Wildman–Crippen LogP) is 4.61. The van der Waals surface area contributed by atoms with E-state index in [1.807, 2.05) is 12.1 Å². The molecule has 0 saturated carbocycles. The van der Waals surface area contributed by atoms with Gasteiger partial charge in [-0.05, 0) is 51.3 Å². The van der Waals surface area contributed by atoms with Crippen LogP contribution in [0.25, 0.3) is 0 Å². The zero-order valence-electron chi connectivity index (χ0n) is 17.8. The zero-order valence-corrected chi connectivity index (χ0v) is 20.1. The molecule has 1 aliphatic rings. The Kier molecular flexibility index (Phi) is 10.0. The fraction of sp³-hybridized carbons (Fsp3) is 0.522. The average molecular weight is 510 g/mol. The standard InChI is InChI=1S/C23H34N4O.HI/c1-18(2)27-15-12-21(13-16-27)26-23(24-14-11-22-10-7-17-28-22)25-19(3)20-8-5-4-6-9-20;/h4-10,17-19,21H,11-16H2,1-3H3,(H2,24,25,26);1H. The minimum Gasteiger partial charge on any atom is -0.469 e. The van der Waals surface area contributed by atoms with Gasteiger partial charge in [-0.25, -0.2) is 0 Å². The van der Waals surface area contributed by atoms with Gasteiger partial charge in [-0.3, -0.25) is 4.99 Å². The highest BCUT2D eigenvalue weighted by atomic mass is 127. The van der Waals surface area contributed by atoms with Crippen molar-refractivity contribution in [3.8, 4) is 0 Å². The van der Waals surface area contributed by atoms with Gasteiger partial charge in [0.2, 0.25) is 0 Å². The van der Waals surface area contributed by atoms with E-state index in [4.69, 9.17) is 9.41 Å². The second-order valence-corrected chi connectivity index (χ2v) is 7.88. The summed E-state index contributed by atoms with van der Waals surface area (Å²) < 4.78 is 5.43. The first-order valence-corrected chi connectivity index (χ1v) is 10.5. The van der Waals surface area contributed by atoms with Gasteiger partial charge < -0.3 is 20.0 Å². The molecule has 1 aliphatic heterocycles. The van der Waals surface area contributed by atoms with Crippen molar-refractivity contribution in [2.45, 2.75) is 58.2 Å². The number of piperidine rings is 1. The number of aliphatic imine (C=N–C) groups is 1. The van der Waals surface area contributed by atoms with Crippen molar-refractivity contribution >= 4 is 29.9 Å². The Morgan fingerprint density at radius 1 is 1.10 bits per heavy atom. The van der Waals surface area contributed by atoms with Crippen LogP contribution >= 0.6 is 24.0 Å². The van der Waals surface area contributed by atoms with E-state index in [1.54, 1.807) is 6.26 Å². The summed E-state index contributed by atoms with van der Waals surface area (Å²) in [6.45, 7) is 9.72. The molecule has 1 aromatic heterocycles. The van der Waals surface area contributed by atoms with Crippen LogP contribution in [0, 0.1) is 0 Å². The number of furan rings is 1. The van der Waals surface area contributed by atoms with E-state index in [0.29, 0.717) is 18.6 Å². The smallest absolute Gasteiger partial charge is 0.191 e. The summed E-state index contributed by atoms with van der Waals surface area (Å²) in [4.78, 5) is 7.38. The maximum atomic E-state index is 5.43. The number of benzene rings is 1. The number of hydrogen-bond acceptors (Lipinski definition) is 3. The van der Waals surface area contributed by atoms with E-state index in [2.05, 4.69) is 66.6 Å². The van der Waals surface area contributed by atoms with Crippen molar-refractivity contribution in [1.29, 1.82) is 0 Å². The number of halogens is 1. The van der Waals surface area contributed by atoms with Gasteiger partial charge in [-0.2, -0.15) is 0 Å². The largest absolute Gasteiger partial charge is 0.469 e. The van der Waals surface area contributed by atoms with Crippen molar-refractivity contribution in [2.24, 2.45) is 4.99 Å². The van der Waals surface area contributed by atoms with Crippen molar-refractivity contribution in [1.82, 2.24) is 15.5 Å². The lowest BCUT2D eigenvalue weighted by Crippen LogP contribution is -2.50. The van der Waals surface area contributed by atoms with Gasteiger partial charge in [0.15, 0.2) is 5.96 Å². The van der Waals surface area contributed by atoms with E-state index < -0.39 is 0 Å². The molecule has 1 unspecified atom stereocenters. The predicted molar refractivity (Wildman–Crippen MR) is 131 cm³/mol. The molecule has 2 heterocycles. The molecule has 1 aromatic carbocycles. The summed E-state index contributed by atoms with van der Waals surface area (Å²) in [5, 5.41) is 7.27. The minimum atomic E-state index is 0. The maximum Gasteiger partial charge on any atom is 0.191 e. The third-order valence-corrected chi connectivity index (χ3v) is 5.46. The van der Waals surface area contributed by atoms with Gasteiger partial charge in [0, 0.05) is 38.1 Å². The molecule has 1 saturated heterocycles. The number of guanidine groups is 1. The molecule has 0 amide bonds. The van der Waals surface area contributed by atoms with Crippen molar-refractivity contribution in [3.63, 3.8) is 0 Å². The van der Waals surface area contributed by atoms with Crippen LogP contribution in [0.5, 0.6) is 0 Å². The molecule has 3 rings (SSSR count). The zero-order chi connectivity index (χ0) is 19.8. The molecule has 0 spiro atoms. The van der Waals surface area contributed by atoms with Crippen LogP contribution in [0.15, 0.2) is 58.1 Å². The molecule has 1 fully saturated rings. The quantitative estimate of drug-likeness (QED) is 0.325. The SMILES string of the molecule is CC(NC(=NCCc1ccco1)NC1CCN(C(C)C)CC1)c1ccccc1.I. The summed E-state index contributed by atoms with van der Waals surface area (Å²) in [6, 6.07) is 15.7. The van der Waals surface area contributed by atoms with Crippen LogP contribution in [0.1, 0.15) is 51.0 Å². The van der Waals surface area contributed by atoms with Crippen LogP contribution in [-0.2, 0) is 6.42 Å². The molecular weight excluding hydrogens is 475 g/mol. The third-order valence-electron chi connectivity index (χ3n) is 5.46. The summed E-state index contributed by atoms with van der Waals surface area (Å²) in [5.41, 5.74) is 1.26. The van der Waals surface area contributed by atoms with E-state index in [-0.39, 0.29) is 30.0 Å². The summed E-state index contributed by atoms with van der Waals surface area (Å²) in [5.74, 6) is 1.87. The van der Waals surface area contributed by atoms with Gasteiger partial charge in [0.25, 0.3) is 0 Å². The van der Waals surface area contributed by atoms with Crippen molar-refractivity contribution < 1.29 is 4.42 Å². The highest BCUT2D eigenvalue weighted by molar-refractivity contribution is 14.0. The molecule has 0 radical (unpaired) electrons.